The van der Waals surface area contributed by atoms with Crippen molar-refractivity contribution in [2.24, 2.45) is 4.99 Å². The molecule has 0 amide bonds. The van der Waals surface area contributed by atoms with Crippen molar-refractivity contribution in [1.29, 1.82) is 0 Å². The molecule has 1 rings (SSSR count). The van der Waals surface area contributed by atoms with Gasteiger partial charge in [-0.25, -0.2) is 4.99 Å². The van der Waals surface area contributed by atoms with E-state index in [1.165, 1.54) is 11.1 Å². The molecule has 0 fully saturated rings. The fourth-order valence-electron chi connectivity index (χ4n) is 1.10. The van der Waals surface area contributed by atoms with Crippen LogP contribution >= 0.6 is 0 Å². The second-order valence-corrected chi connectivity index (χ2v) is 3.89. The zero-order valence-corrected chi connectivity index (χ0v) is 10.4. The molecule has 0 bridgehead atoms. The first-order valence-corrected chi connectivity index (χ1v) is 5.56. The SMILES string of the molecule is CC/C(C)=C\N=C(C)Oc1ccc(C)cc1. The normalized spacial score (nSPS) is 12.8. The summed E-state index contributed by atoms with van der Waals surface area (Å²) in [6, 6.07) is 7.95. The quantitative estimate of drug-likeness (QED) is 0.551. The van der Waals surface area contributed by atoms with Gasteiger partial charge in [0.2, 0.25) is 0 Å². The number of aliphatic imine (C=N–C) groups is 1. The zero-order chi connectivity index (χ0) is 12.0. The Morgan fingerprint density at radius 2 is 1.88 bits per heavy atom. The summed E-state index contributed by atoms with van der Waals surface area (Å²) in [7, 11) is 0. The van der Waals surface area contributed by atoms with Crippen LogP contribution in [0.15, 0.2) is 41.0 Å². The van der Waals surface area contributed by atoms with Gasteiger partial charge in [-0.1, -0.05) is 30.2 Å². The monoisotopic (exact) mass is 217 g/mol. The molecule has 0 radical (unpaired) electrons. The van der Waals surface area contributed by atoms with Crippen LogP contribution in [0.1, 0.15) is 32.8 Å². The lowest BCUT2D eigenvalue weighted by atomic mass is 10.2. The van der Waals surface area contributed by atoms with E-state index in [1.54, 1.807) is 0 Å². The van der Waals surface area contributed by atoms with Gasteiger partial charge in [0.1, 0.15) is 5.75 Å². The second-order valence-electron chi connectivity index (χ2n) is 3.89. The van der Waals surface area contributed by atoms with Crippen LogP contribution in [0.2, 0.25) is 0 Å². The van der Waals surface area contributed by atoms with Crippen molar-refractivity contribution in [3.05, 3.63) is 41.6 Å². The molecule has 0 unspecified atom stereocenters. The Bertz CT molecular complexity index is 388. The standard InChI is InChI=1S/C14H19NO/c1-5-11(2)10-15-13(4)16-14-8-6-12(3)7-9-14/h6-10H,5H2,1-4H3/b11-10-,15-13?. The summed E-state index contributed by atoms with van der Waals surface area (Å²) >= 11 is 0. The molecule has 0 N–H and O–H groups in total. The molecule has 0 aliphatic rings. The van der Waals surface area contributed by atoms with Crippen LogP contribution in [-0.2, 0) is 0 Å². The van der Waals surface area contributed by atoms with E-state index < -0.39 is 0 Å². The van der Waals surface area contributed by atoms with E-state index >= 15 is 0 Å². The molecule has 0 saturated heterocycles. The van der Waals surface area contributed by atoms with Gasteiger partial charge in [0.15, 0.2) is 5.90 Å². The molecular weight excluding hydrogens is 198 g/mol. The minimum atomic E-state index is 0.664. The molecule has 1 aromatic rings. The summed E-state index contributed by atoms with van der Waals surface area (Å²) < 4.78 is 5.57. The summed E-state index contributed by atoms with van der Waals surface area (Å²) in [5.41, 5.74) is 2.47. The lowest BCUT2D eigenvalue weighted by molar-refractivity contribution is 0.546. The van der Waals surface area contributed by atoms with Gasteiger partial charge in [0, 0.05) is 13.1 Å². The van der Waals surface area contributed by atoms with Gasteiger partial charge in [-0.3, -0.25) is 0 Å². The van der Waals surface area contributed by atoms with Crippen LogP contribution in [0.3, 0.4) is 0 Å². The van der Waals surface area contributed by atoms with Crippen molar-refractivity contribution >= 4 is 5.90 Å². The smallest absolute Gasteiger partial charge is 0.191 e. The third-order valence-corrected chi connectivity index (χ3v) is 2.31. The van der Waals surface area contributed by atoms with Crippen LogP contribution in [0.4, 0.5) is 0 Å². The van der Waals surface area contributed by atoms with Gasteiger partial charge >= 0.3 is 0 Å². The maximum atomic E-state index is 5.57. The van der Waals surface area contributed by atoms with E-state index in [4.69, 9.17) is 4.74 Å². The Morgan fingerprint density at radius 1 is 1.25 bits per heavy atom. The maximum absolute atomic E-state index is 5.57. The van der Waals surface area contributed by atoms with Gasteiger partial charge in [0.05, 0.1) is 0 Å². The molecule has 0 aromatic heterocycles. The Morgan fingerprint density at radius 3 is 2.44 bits per heavy atom. The largest absolute Gasteiger partial charge is 0.443 e. The molecule has 0 spiro atoms. The molecule has 86 valence electrons. The maximum Gasteiger partial charge on any atom is 0.191 e. The van der Waals surface area contributed by atoms with Crippen LogP contribution in [0, 0.1) is 6.92 Å². The number of rotatable bonds is 3. The van der Waals surface area contributed by atoms with Crippen molar-refractivity contribution in [1.82, 2.24) is 0 Å². The highest BCUT2D eigenvalue weighted by atomic mass is 16.5. The number of benzene rings is 1. The van der Waals surface area contributed by atoms with Crippen LogP contribution in [0.5, 0.6) is 5.75 Å². The highest BCUT2D eigenvalue weighted by Crippen LogP contribution is 2.11. The van der Waals surface area contributed by atoms with Gasteiger partial charge < -0.3 is 4.74 Å². The molecule has 2 nitrogen and oxygen atoms in total. The predicted octanol–water partition coefficient (Wildman–Crippen LogP) is 4.11. The fourth-order valence-corrected chi connectivity index (χ4v) is 1.10. The number of aryl methyl sites for hydroxylation is 1. The van der Waals surface area contributed by atoms with Crippen molar-refractivity contribution in [2.45, 2.75) is 34.1 Å². The molecule has 1 aromatic carbocycles. The van der Waals surface area contributed by atoms with Crippen molar-refractivity contribution in [3.8, 4) is 5.75 Å². The number of nitrogens with zero attached hydrogens (tertiary/aromatic N) is 1. The first-order chi connectivity index (χ1) is 7.61. The average Bonchev–Trinajstić information content (AvgIpc) is 2.29. The number of hydrogen-bond acceptors (Lipinski definition) is 2. The molecule has 0 aliphatic heterocycles. The van der Waals surface area contributed by atoms with Gasteiger partial charge in [-0.05, 0) is 32.4 Å². The highest BCUT2D eigenvalue weighted by molar-refractivity contribution is 5.76. The number of ether oxygens (including phenoxy) is 1. The molecule has 0 aliphatic carbocycles. The zero-order valence-electron chi connectivity index (χ0n) is 10.4. The molecular formula is C14H19NO. The molecule has 0 heterocycles. The van der Waals surface area contributed by atoms with E-state index in [1.807, 2.05) is 37.4 Å². The van der Waals surface area contributed by atoms with E-state index in [0.717, 1.165) is 12.2 Å². The molecule has 2 heteroatoms. The summed E-state index contributed by atoms with van der Waals surface area (Å²) in [5.74, 6) is 1.49. The van der Waals surface area contributed by atoms with E-state index in [-0.39, 0.29) is 0 Å². The summed E-state index contributed by atoms with van der Waals surface area (Å²) in [6.45, 7) is 8.08. The lowest BCUT2D eigenvalue weighted by Gasteiger charge is -2.04. The van der Waals surface area contributed by atoms with E-state index in [0.29, 0.717) is 5.90 Å². The highest BCUT2D eigenvalue weighted by Gasteiger charge is 1.95. The Balaban J connectivity index is 2.64. The number of hydrogen-bond donors (Lipinski definition) is 0. The summed E-state index contributed by atoms with van der Waals surface area (Å²) in [5, 5.41) is 0. The van der Waals surface area contributed by atoms with Crippen LogP contribution in [-0.4, -0.2) is 5.90 Å². The van der Waals surface area contributed by atoms with Gasteiger partial charge in [0.25, 0.3) is 0 Å². The number of allylic oxidation sites excluding steroid dienone is 1. The minimum absolute atomic E-state index is 0.664. The molecule has 0 saturated carbocycles. The van der Waals surface area contributed by atoms with Gasteiger partial charge in [-0.2, -0.15) is 0 Å². The van der Waals surface area contributed by atoms with E-state index in [2.05, 4.69) is 25.8 Å². The first kappa shape index (κ1) is 12.5. The fraction of sp³-hybridized carbons (Fsp3) is 0.357. The summed E-state index contributed by atoms with van der Waals surface area (Å²) in [4.78, 5) is 4.25. The van der Waals surface area contributed by atoms with Crippen molar-refractivity contribution in [3.63, 3.8) is 0 Å². The van der Waals surface area contributed by atoms with Crippen molar-refractivity contribution in [2.75, 3.05) is 0 Å². The van der Waals surface area contributed by atoms with Crippen molar-refractivity contribution < 1.29 is 4.74 Å². The third-order valence-electron chi connectivity index (χ3n) is 2.31. The van der Waals surface area contributed by atoms with E-state index in [9.17, 15) is 0 Å². The Labute approximate surface area is 97.7 Å². The summed E-state index contributed by atoms with van der Waals surface area (Å²) in [6.07, 6.45) is 2.87. The van der Waals surface area contributed by atoms with Crippen LogP contribution < -0.4 is 4.74 Å². The second kappa shape index (κ2) is 6.11. The molecule has 16 heavy (non-hydrogen) atoms. The Kier molecular flexibility index (Phi) is 4.77. The Hall–Kier alpha value is -1.57. The third kappa shape index (κ3) is 4.30. The predicted molar refractivity (Wildman–Crippen MR) is 69.0 cm³/mol. The minimum Gasteiger partial charge on any atom is -0.443 e. The average molecular weight is 217 g/mol. The molecule has 0 atom stereocenters. The lowest BCUT2D eigenvalue weighted by Crippen LogP contribution is -2.02. The van der Waals surface area contributed by atoms with Gasteiger partial charge in [-0.15, -0.1) is 0 Å². The topological polar surface area (TPSA) is 21.6 Å². The van der Waals surface area contributed by atoms with Crippen LogP contribution in [0.25, 0.3) is 0 Å². The first-order valence-electron chi connectivity index (χ1n) is 5.56.